The molecule has 0 bridgehead atoms. The van der Waals surface area contributed by atoms with Gasteiger partial charge in [-0.2, -0.15) is 0 Å². The predicted molar refractivity (Wildman–Crippen MR) is 89.8 cm³/mol. The highest BCUT2D eigenvalue weighted by Crippen LogP contribution is 2.49. The van der Waals surface area contributed by atoms with Crippen molar-refractivity contribution >= 4 is 11.6 Å². The van der Waals surface area contributed by atoms with Crippen molar-refractivity contribution < 1.29 is 0 Å². The summed E-state index contributed by atoms with van der Waals surface area (Å²) in [6, 6.07) is 19.6. The van der Waals surface area contributed by atoms with Crippen LogP contribution in [0.4, 0.5) is 0 Å². The van der Waals surface area contributed by atoms with Crippen LogP contribution in [0.1, 0.15) is 42.9 Å². The molecule has 2 aromatic rings. The molecule has 0 spiro atoms. The molecular formula is C19H22ClN. The van der Waals surface area contributed by atoms with Crippen LogP contribution in [0.25, 0.3) is 0 Å². The SMILES string of the molecule is CNC(c1ccc(Cl)cc1)C1(c2ccccc2)CCCC1. The van der Waals surface area contributed by atoms with Crippen molar-refractivity contribution in [3.8, 4) is 0 Å². The summed E-state index contributed by atoms with van der Waals surface area (Å²) in [5, 5.41) is 4.38. The van der Waals surface area contributed by atoms with Crippen LogP contribution in [0.5, 0.6) is 0 Å². The van der Waals surface area contributed by atoms with Crippen molar-refractivity contribution in [2.45, 2.75) is 37.1 Å². The summed E-state index contributed by atoms with van der Waals surface area (Å²) in [5.41, 5.74) is 2.98. The molecule has 0 aromatic heterocycles. The highest BCUT2D eigenvalue weighted by molar-refractivity contribution is 6.30. The lowest BCUT2D eigenvalue weighted by Crippen LogP contribution is -2.38. The standard InChI is InChI=1S/C19H22ClN/c1-21-18(15-9-11-17(20)12-10-15)19(13-5-6-14-19)16-7-3-2-4-8-16/h2-4,7-12,18,21H,5-6,13-14H2,1H3. The third-order valence-corrected chi connectivity index (χ3v) is 5.14. The monoisotopic (exact) mass is 299 g/mol. The van der Waals surface area contributed by atoms with Crippen LogP contribution in [0.15, 0.2) is 54.6 Å². The van der Waals surface area contributed by atoms with Gasteiger partial charge in [-0.3, -0.25) is 0 Å². The van der Waals surface area contributed by atoms with E-state index in [0.717, 1.165) is 5.02 Å². The van der Waals surface area contributed by atoms with Gasteiger partial charge in [-0.25, -0.2) is 0 Å². The molecule has 0 amide bonds. The van der Waals surface area contributed by atoms with E-state index < -0.39 is 0 Å². The van der Waals surface area contributed by atoms with E-state index in [0.29, 0.717) is 6.04 Å². The molecule has 0 heterocycles. The van der Waals surface area contributed by atoms with E-state index in [-0.39, 0.29) is 5.41 Å². The summed E-state index contributed by atoms with van der Waals surface area (Å²) in [4.78, 5) is 0. The summed E-state index contributed by atoms with van der Waals surface area (Å²) in [6.45, 7) is 0. The van der Waals surface area contributed by atoms with Crippen LogP contribution in [0.2, 0.25) is 5.02 Å². The molecule has 1 unspecified atom stereocenters. The lowest BCUT2D eigenvalue weighted by Gasteiger charge is -2.38. The first-order valence-corrected chi connectivity index (χ1v) is 8.12. The molecule has 1 saturated carbocycles. The normalized spacial score (nSPS) is 18.6. The minimum atomic E-state index is 0.198. The molecule has 1 nitrogen and oxygen atoms in total. The zero-order valence-corrected chi connectivity index (χ0v) is 13.2. The number of nitrogens with one attached hydrogen (secondary N) is 1. The minimum absolute atomic E-state index is 0.198. The maximum atomic E-state index is 6.05. The zero-order chi connectivity index (χ0) is 14.7. The molecule has 0 saturated heterocycles. The topological polar surface area (TPSA) is 12.0 Å². The van der Waals surface area contributed by atoms with Crippen LogP contribution >= 0.6 is 11.6 Å². The molecule has 21 heavy (non-hydrogen) atoms. The van der Waals surface area contributed by atoms with E-state index >= 15 is 0 Å². The van der Waals surface area contributed by atoms with Gasteiger partial charge in [0.25, 0.3) is 0 Å². The van der Waals surface area contributed by atoms with Crippen LogP contribution < -0.4 is 5.32 Å². The average Bonchev–Trinajstić information content (AvgIpc) is 3.01. The van der Waals surface area contributed by atoms with E-state index in [4.69, 9.17) is 11.6 Å². The number of rotatable bonds is 4. The Morgan fingerprint density at radius 3 is 2.14 bits per heavy atom. The Hall–Kier alpha value is -1.31. The average molecular weight is 300 g/mol. The van der Waals surface area contributed by atoms with Crippen LogP contribution in [-0.4, -0.2) is 7.05 Å². The Morgan fingerprint density at radius 1 is 0.952 bits per heavy atom. The first-order valence-electron chi connectivity index (χ1n) is 7.74. The van der Waals surface area contributed by atoms with Crippen molar-refractivity contribution in [2.24, 2.45) is 0 Å². The lowest BCUT2D eigenvalue weighted by molar-refractivity contribution is 0.316. The molecule has 2 heteroatoms. The van der Waals surface area contributed by atoms with Gasteiger partial charge in [0.1, 0.15) is 0 Å². The van der Waals surface area contributed by atoms with Gasteiger partial charge in [0, 0.05) is 16.5 Å². The Labute approximate surface area is 132 Å². The van der Waals surface area contributed by atoms with E-state index in [1.54, 1.807) is 0 Å². The van der Waals surface area contributed by atoms with E-state index in [1.807, 2.05) is 12.1 Å². The second kappa shape index (κ2) is 6.21. The Morgan fingerprint density at radius 2 is 1.57 bits per heavy atom. The molecule has 0 radical (unpaired) electrons. The maximum Gasteiger partial charge on any atom is 0.0415 e. The fraction of sp³-hybridized carbons (Fsp3) is 0.368. The first kappa shape index (κ1) is 14.6. The number of likely N-dealkylation sites (N-methyl/N-ethyl adjacent to an activating group) is 1. The largest absolute Gasteiger partial charge is 0.312 e. The van der Waals surface area contributed by atoms with Gasteiger partial charge in [-0.15, -0.1) is 0 Å². The van der Waals surface area contributed by atoms with Crippen molar-refractivity contribution in [3.63, 3.8) is 0 Å². The summed E-state index contributed by atoms with van der Waals surface area (Å²) in [7, 11) is 2.07. The highest BCUT2D eigenvalue weighted by atomic mass is 35.5. The minimum Gasteiger partial charge on any atom is -0.312 e. The maximum absolute atomic E-state index is 6.05. The quantitative estimate of drug-likeness (QED) is 0.827. The third-order valence-electron chi connectivity index (χ3n) is 4.89. The molecule has 1 fully saturated rings. The van der Waals surface area contributed by atoms with Crippen LogP contribution in [0, 0.1) is 0 Å². The fourth-order valence-corrected chi connectivity index (χ4v) is 4.06. The third kappa shape index (κ3) is 2.73. The lowest BCUT2D eigenvalue weighted by atomic mass is 9.70. The molecule has 3 rings (SSSR count). The number of hydrogen-bond donors (Lipinski definition) is 1. The number of hydrogen-bond acceptors (Lipinski definition) is 1. The molecule has 1 aliphatic rings. The molecule has 1 atom stereocenters. The Balaban J connectivity index is 2.04. The predicted octanol–water partition coefficient (Wildman–Crippen LogP) is 5.11. The zero-order valence-electron chi connectivity index (χ0n) is 12.5. The van der Waals surface area contributed by atoms with Gasteiger partial charge < -0.3 is 5.32 Å². The van der Waals surface area contributed by atoms with Crippen molar-refractivity contribution in [3.05, 3.63) is 70.7 Å². The number of halogens is 1. The number of benzene rings is 2. The van der Waals surface area contributed by atoms with E-state index in [9.17, 15) is 0 Å². The summed E-state index contributed by atoms with van der Waals surface area (Å²) < 4.78 is 0. The van der Waals surface area contributed by atoms with Gasteiger partial charge in [0.2, 0.25) is 0 Å². The van der Waals surface area contributed by atoms with Gasteiger partial charge in [-0.1, -0.05) is 66.9 Å². The second-order valence-electron chi connectivity index (χ2n) is 6.00. The first-order chi connectivity index (χ1) is 10.3. The van der Waals surface area contributed by atoms with Gasteiger partial charge in [0.05, 0.1) is 0 Å². The van der Waals surface area contributed by atoms with Crippen LogP contribution in [0.3, 0.4) is 0 Å². The van der Waals surface area contributed by atoms with Crippen molar-refractivity contribution in [1.82, 2.24) is 5.32 Å². The Bertz CT molecular complexity index is 570. The van der Waals surface area contributed by atoms with E-state index in [1.165, 1.54) is 36.8 Å². The van der Waals surface area contributed by atoms with Gasteiger partial charge in [0.15, 0.2) is 0 Å². The second-order valence-corrected chi connectivity index (χ2v) is 6.44. The highest BCUT2D eigenvalue weighted by Gasteiger charge is 2.42. The molecule has 2 aromatic carbocycles. The Kier molecular flexibility index (Phi) is 4.32. The van der Waals surface area contributed by atoms with Gasteiger partial charge >= 0.3 is 0 Å². The van der Waals surface area contributed by atoms with Crippen molar-refractivity contribution in [2.75, 3.05) is 7.05 Å². The summed E-state index contributed by atoms with van der Waals surface area (Å²) >= 11 is 6.05. The van der Waals surface area contributed by atoms with Crippen molar-refractivity contribution in [1.29, 1.82) is 0 Å². The molecule has 0 aliphatic heterocycles. The smallest absolute Gasteiger partial charge is 0.0415 e. The fourth-order valence-electron chi connectivity index (χ4n) is 3.94. The molecular weight excluding hydrogens is 278 g/mol. The molecule has 110 valence electrons. The molecule has 1 aliphatic carbocycles. The summed E-state index contributed by atoms with van der Waals surface area (Å²) in [6.07, 6.45) is 5.09. The van der Waals surface area contributed by atoms with Crippen LogP contribution in [-0.2, 0) is 5.41 Å². The van der Waals surface area contributed by atoms with Gasteiger partial charge in [-0.05, 0) is 43.1 Å². The summed E-state index contributed by atoms with van der Waals surface area (Å²) in [5.74, 6) is 0. The van der Waals surface area contributed by atoms with E-state index in [2.05, 4.69) is 54.8 Å². The molecule has 1 N–H and O–H groups in total.